The number of hydrogen-bond acceptors (Lipinski definition) is 5. The smallest absolute Gasteiger partial charge is 0.273 e. The number of non-ortho nitro benzene ring substituents is 1. The average molecular weight is 288 g/mol. The molecule has 2 aromatic rings. The van der Waals surface area contributed by atoms with Crippen LogP contribution in [0.4, 0.5) is 11.4 Å². The van der Waals surface area contributed by atoms with Gasteiger partial charge in [-0.3, -0.25) is 14.9 Å². The van der Waals surface area contributed by atoms with Crippen molar-refractivity contribution in [3.05, 3.63) is 57.6 Å². The van der Waals surface area contributed by atoms with Crippen LogP contribution in [0.5, 0.6) is 11.5 Å². The van der Waals surface area contributed by atoms with E-state index in [1.807, 2.05) is 0 Å². The number of carbonyl (C=O) groups is 1. The standard InChI is InChI=1S/C14H12N2O5/c1-8-2-3-9(6-12(8)17)14(19)15-11-5-4-10(16(20)21)7-13(11)18/h2-7,17-18H,1H3,(H,15,19). The number of anilines is 1. The Bertz CT molecular complexity index is 727. The van der Waals surface area contributed by atoms with Gasteiger partial charge in [-0.25, -0.2) is 0 Å². The van der Waals surface area contributed by atoms with Gasteiger partial charge in [0.2, 0.25) is 0 Å². The van der Waals surface area contributed by atoms with E-state index in [0.29, 0.717) is 5.56 Å². The highest BCUT2D eigenvalue weighted by molar-refractivity contribution is 6.05. The predicted octanol–water partition coefficient (Wildman–Crippen LogP) is 2.57. The normalized spacial score (nSPS) is 10.1. The van der Waals surface area contributed by atoms with E-state index >= 15 is 0 Å². The lowest BCUT2D eigenvalue weighted by atomic mass is 10.1. The fraction of sp³-hybridized carbons (Fsp3) is 0.0714. The number of aryl methyl sites for hydroxylation is 1. The number of phenolic OH excluding ortho intramolecular Hbond substituents is 2. The molecule has 0 heterocycles. The molecule has 108 valence electrons. The highest BCUT2D eigenvalue weighted by Gasteiger charge is 2.13. The van der Waals surface area contributed by atoms with Gasteiger partial charge in [-0.05, 0) is 30.7 Å². The number of carbonyl (C=O) groups excluding carboxylic acids is 1. The number of nitrogens with zero attached hydrogens (tertiary/aromatic N) is 1. The summed E-state index contributed by atoms with van der Waals surface area (Å²) in [4.78, 5) is 21.9. The molecular weight excluding hydrogens is 276 g/mol. The minimum Gasteiger partial charge on any atom is -0.508 e. The molecule has 0 aromatic heterocycles. The second kappa shape index (κ2) is 5.49. The number of nitro groups is 1. The molecule has 0 spiro atoms. The van der Waals surface area contributed by atoms with E-state index in [1.54, 1.807) is 13.0 Å². The Morgan fingerprint density at radius 1 is 1.14 bits per heavy atom. The van der Waals surface area contributed by atoms with Gasteiger partial charge in [-0.1, -0.05) is 6.07 Å². The first-order chi connectivity index (χ1) is 9.88. The lowest BCUT2D eigenvalue weighted by Crippen LogP contribution is -2.12. The summed E-state index contributed by atoms with van der Waals surface area (Å²) in [5.74, 6) is -0.973. The van der Waals surface area contributed by atoms with E-state index in [2.05, 4.69) is 5.32 Å². The number of nitro benzene ring substituents is 1. The van der Waals surface area contributed by atoms with Crippen LogP contribution >= 0.6 is 0 Å². The maximum Gasteiger partial charge on any atom is 0.273 e. The van der Waals surface area contributed by atoms with Gasteiger partial charge in [-0.2, -0.15) is 0 Å². The van der Waals surface area contributed by atoms with Crippen LogP contribution in [0.15, 0.2) is 36.4 Å². The van der Waals surface area contributed by atoms with Gasteiger partial charge < -0.3 is 15.5 Å². The maximum absolute atomic E-state index is 12.0. The first kappa shape index (κ1) is 14.3. The Balaban J connectivity index is 2.23. The number of benzene rings is 2. The summed E-state index contributed by atoms with van der Waals surface area (Å²) in [5.41, 5.74) is 0.602. The Morgan fingerprint density at radius 2 is 1.86 bits per heavy atom. The summed E-state index contributed by atoms with van der Waals surface area (Å²) in [7, 11) is 0. The van der Waals surface area contributed by atoms with Gasteiger partial charge in [0.25, 0.3) is 11.6 Å². The van der Waals surface area contributed by atoms with Crippen LogP contribution in [-0.4, -0.2) is 21.0 Å². The summed E-state index contributed by atoms with van der Waals surface area (Å²) in [5, 5.41) is 32.2. The van der Waals surface area contributed by atoms with Crippen molar-refractivity contribution in [2.75, 3.05) is 5.32 Å². The Hall–Kier alpha value is -3.09. The quantitative estimate of drug-likeness (QED) is 0.456. The van der Waals surface area contributed by atoms with Crippen LogP contribution in [0.2, 0.25) is 0 Å². The Labute approximate surface area is 119 Å². The van der Waals surface area contributed by atoms with Crippen molar-refractivity contribution in [1.29, 1.82) is 0 Å². The van der Waals surface area contributed by atoms with Crippen molar-refractivity contribution in [2.45, 2.75) is 6.92 Å². The predicted molar refractivity (Wildman–Crippen MR) is 75.6 cm³/mol. The monoisotopic (exact) mass is 288 g/mol. The minimum absolute atomic E-state index is 0.0180. The van der Waals surface area contributed by atoms with E-state index in [4.69, 9.17) is 0 Å². The summed E-state index contributed by atoms with van der Waals surface area (Å²) in [6.07, 6.45) is 0. The molecule has 0 fully saturated rings. The lowest BCUT2D eigenvalue weighted by molar-refractivity contribution is -0.384. The molecule has 0 aliphatic heterocycles. The molecule has 3 N–H and O–H groups in total. The molecule has 0 aliphatic rings. The van der Waals surface area contributed by atoms with Crippen molar-refractivity contribution >= 4 is 17.3 Å². The summed E-state index contributed by atoms with van der Waals surface area (Å²) < 4.78 is 0. The molecule has 7 heteroatoms. The summed E-state index contributed by atoms with van der Waals surface area (Å²) in [6.45, 7) is 1.69. The molecule has 2 rings (SSSR count). The largest absolute Gasteiger partial charge is 0.508 e. The zero-order valence-corrected chi connectivity index (χ0v) is 11.0. The number of rotatable bonds is 3. The second-order valence-corrected chi connectivity index (χ2v) is 4.41. The Morgan fingerprint density at radius 3 is 2.43 bits per heavy atom. The molecule has 0 bridgehead atoms. The van der Waals surface area contributed by atoms with Crippen LogP contribution in [-0.2, 0) is 0 Å². The molecular formula is C14H12N2O5. The fourth-order valence-electron chi connectivity index (χ4n) is 1.68. The molecule has 2 aromatic carbocycles. The van der Waals surface area contributed by atoms with Crippen LogP contribution in [0.3, 0.4) is 0 Å². The fourth-order valence-corrected chi connectivity index (χ4v) is 1.68. The summed E-state index contributed by atoms with van der Waals surface area (Å²) >= 11 is 0. The van der Waals surface area contributed by atoms with Gasteiger partial charge in [0.15, 0.2) is 0 Å². The van der Waals surface area contributed by atoms with Gasteiger partial charge in [0.1, 0.15) is 11.5 Å². The third-order valence-corrected chi connectivity index (χ3v) is 2.91. The number of amides is 1. The van der Waals surface area contributed by atoms with E-state index in [9.17, 15) is 25.1 Å². The van der Waals surface area contributed by atoms with Crippen LogP contribution in [0, 0.1) is 17.0 Å². The number of phenols is 2. The van der Waals surface area contributed by atoms with Gasteiger partial charge in [0.05, 0.1) is 16.7 Å². The lowest BCUT2D eigenvalue weighted by Gasteiger charge is -2.08. The topological polar surface area (TPSA) is 113 Å². The van der Waals surface area contributed by atoms with Crippen LogP contribution < -0.4 is 5.32 Å². The molecule has 0 atom stereocenters. The number of nitrogens with one attached hydrogen (secondary N) is 1. The molecule has 0 unspecified atom stereocenters. The third kappa shape index (κ3) is 3.08. The van der Waals surface area contributed by atoms with E-state index < -0.39 is 16.6 Å². The first-order valence-electron chi connectivity index (χ1n) is 5.97. The number of hydrogen-bond donors (Lipinski definition) is 3. The Kier molecular flexibility index (Phi) is 3.75. The van der Waals surface area contributed by atoms with Crippen LogP contribution in [0.25, 0.3) is 0 Å². The first-order valence-corrected chi connectivity index (χ1v) is 5.97. The molecule has 21 heavy (non-hydrogen) atoms. The van der Waals surface area contributed by atoms with Crippen molar-refractivity contribution in [1.82, 2.24) is 0 Å². The number of aromatic hydroxyl groups is 2. The minimum atomic E-state index is -0.649. The van der Waals surface area contributed by atoms with E-state index in [1.165, 1.54) is 24.3 Å². The highest BCUT2D eigenvalue weighted by atomic mass is 16.6. The van der Waals surface area contributed by atoms with E-state index in [0.717, 1.165) is 6.07 Å². The zero-order valence-electron chi connectivity index (χ0n) is 11.0. The molecule has 0 saturated heterocycles. The molecule has 1 amide bonds. The van der Waals surface area contributed by atoms with E-state index in [-0.39, 0.29) is 22.7 Å². The van der Waals surface area contributed by atoms with Gasteiger partial charge >= 0.3 is 0 Å². The van der Waals surface area contributed by atoms with Gasteiger partial charge in [-0.15, -0.1) is 0 Å². The second-order valence-electron chi connectivity index (χ2n) is 4.41. The van der Waals surface area contributed by atoms with Crippen molar-refractivity contribution in [3.63, 3.8) is 0 Å². The maximum atomic E-state index is 12.0. The SMILES string of the molecule is Cc1ccc(C(=O)Nc2ccc([N+](=O)[O-])cc2O)cc1O. The van der Waals surface area contributed by atoms with Gasteiger partial charge in [0, 0.05) is 11.6 Å². The van der Waals surface area contributed by atoms with Crippen molar-refractivity contribution < 1.29 is 19.9 Å². The van der Waals surface area contributed by atoms with Crippen molar-refractivity contribution in [3.8, 4) is 11.5 Å². The van der Waals surface area contributed by atoms with Crippen molar-refractivity contribution in [2.24, 2.45) is 0 Å². The average Bonchev–Trinajstić information content (AvgIpc) is 2.43. The third-order valence-electron chi connectivity index (χ3n) is 2.91. The zero-order chi connectivity index (χ0) is 15.6. The molecule has 0 radical (unpaired) electrons. The molecule has 0 saturated carbocycles. The molecule has 0 aliphatic carbocycles. The highest BCUT2D eigenvalue weighted by Crippen LogP contribution is 2.28. The summed E-state index contributed by atoms with van der Waals surface area (Å²) in [6, 6.07) is 7.75. The van der Waals surface area contributed by atoms with Crippen LogP contribution in [0.1, 0.15) is 15.9 Å². The molecule has 7 nitrogen and oxygen atoms in total.